The number of hydrogen-bond donors (Lipinski definition) is 1. The molecule has 0 aliphatic rings. The van der Waals surface area contributed by atoms with E-state index in [-0.39, 0.29) is 5.69 Å². The Hall–Kier alpha value is -2.58. The highest BCUT2D eigenvalue weighted by atomic mass is 19.4. The Morgan fingerprint density at radius 3 is 2.35 bits per heavy atom. The van der Waals surface area contributed by atoms with E-state index in [0.29, 0.717) is 6.20 Å². The van der Waals surface area contributed by atoms with Gasteiger partial charge in [-0.3, -0.25) is 0 Å². The first-order valence-corrected chi connectivity index (χ1v) is 5.08. The van der Waals surface area contributed by atoms with Gasteiger partial charge in [0.1, 0.15) is 17.1 Å². The quantitative estimate of drug-likeness (QED) is 0.858. The molecule has 0 amide bonds. The number of alkyl halides is 3. The minimum absolute atomic E-state index is 0.103. The van der Waals surface area contributed by atoms with Crippen molar-refractivity contribution in [2.45, 2.75) is 6.18 Å². The van der Waals surface area contributed by atoms with Gasteiger partial charge < -0.3 is 5.11 Å². The Kier molecular flexibility index (Phi) is 3.35. The zero-order valence-corrected chi connectivity index (χ0v) is 9.52. The number of halogens is 4. The summed E-state index contributed by atoms with van der Waals surface area (Å²) in [4.78, 5) is 20.9. The minimum Gasteiger partial charge on any atom is -0.478 e. The van der Waals surface area contributed by atoms with Crippen LogP contribution in [0.4, 0.5) is 17.6 Å². The summed E-state index contributed by atoms with van der Waals surface area (Å²) >= 11 is 0. The third-order valence-corrected chi connectivity index (χ3v) is 2.24. The highest BCUT2D eigenvalue weighted by Gasteiger charge is 2.38. The van der Waals surface area contributed by atoms with Crippen LogP contribution in [-0.4, -0.2) is 26.0 Å². The molecule has 2 heterocycles. The Labute approximate surface area is 108 Å². The van der Waals surface area contributed by atoms with Crippen molar-refractivity contribution in [2.75, 3.05) is 0 Å². The molecule has 0 saturated carbocycles. The van der Waals surface area contributed by atoms with Gasteiger partial charge in [-0.05, 0) is 12.1 Å². The zero-order valence-electron chi connectivity index (χ0n) is 9.52. The van der Waals surface area contributed by atoms with E-state index in [1.165, 1.54) is 0 Å². The number of rotatable bonds is 2. The van der Waals surface area contributed by atoms with Crippen molar-refractivity contribution in [3.8, 4) is 11.5 Å². The summed E-state index contributed by atoms with van der Waals surface area (Å²) in [5.74, 6) is -2.91. The van der Waals surface area contributed by atoms with Crippen molar-refractivity contribution < 1.29 is 27.5 Å². The van der Waals surface area contributed by atoms with Crippen molar-refractivity contribution in [3.05, 3.63) is 41.6 Å². The lowest BCUT2D eigenvalue weighted by Crippen LogP contribution is -2.16. The van der Waals surface area contributed by atoms with Crippen LogP contribution in [0.15, 0.2) is 24.5 Å². The third-order valence-electron chi connectivity index (χ3n) is 2.24. The molecule has 104 valence electrons. The van der Waals surface area contributed by atoms with Gasteiger partial charge in [0.05, 0.1) is 6.20 Å². The molecule has 2 aromatic rings. The van der Waals surface area contributed by atoms with Gasteiger partial charge in [0.25, 0.3) is 0 Å². The van der Waals surface area contributed by atoms with Crippen LogP contribution in [0.2, 0.25) is 0 Å². The van der Waals surface area contributed by atoms with Gasteiger partial charge in [0, 0.05) is 6.20 Å². The van der Waals surface area contributed by atoms with E-state index in [2.05, 4.69) is 15.0 Å². The molecule has 2 rings (SSSR count). The average molecular weight is 287 g/mol. The molecule has 2 aromatic heterocycles. The molecule has 0 spiro atoms. The number of hydrogen-bond acceptors (Lipinski definition) is 4. The van der Waals surface area contributed by atoms with Crippen LogP contribution in [0.1, 0.15) is 16.1 Å². The smallest absolute Gasteiger partial charge is 0.434 e. The molecule has 1 N–H and O–H groups in total. The number of carboxylic acids is 1. The standard InChI is InChI=1S/C11H5F4N3O2/c12-5-1-2-7(16-3-5)9-17-4-6(10(19)20)8(18-9)11(13,14)15/h1-4H,(H,19,20). The Morgan fingerprint density at radius 2 is 1.85 bits per heavy atom. The van der Waals surface area contributed by atoms with E-state index in [1.54, 1.807) is 0 Å². The van der Waals surface area contributed by atoms with E-state index in [1.807, 2.05) is 0 Å². The van der Waals surface area contributed by atoms with Gasteiger partial charge >= 0.3 is 12.1 Å². The molecule has 0 saturated heterocycles. The van der Waals surface area contributed by atoms with Crippen LogP contribution in [0.25, 0.3) is 11.5 Å². The van der Waals surface area contributed by atoms with Crippen LogP contribution in [-0.2, 0) is 6.18 Å². The molecule has 0 unspecified atom stereocenters. The van der Waals surface area contributed by atoms with Crippen molar-refractivity contribution in [1.29, 1.82) is 0 Å². The highest BCUT2D eigenvalue weighted by Crippen LogP contribution is 2.31. The monoisotopic (exact) mass is 287 g/mol. The van der Waals surface area contributed by atoms with Gasteiger partial charge in [-0.25, -0.2) is 24.1 Å². The molecule has 0 aliphatic heterocycles. The summed E-state index contributed by atoms with van der Waals surface area (Å²) < 4.78 is 50.9. The summed E-state index contributed by atoms with van der Waals surface area (Å²) in [7, 11) is 0. The van der Waals surface area contributed by atoms with E-state index >= 15 is 0 Å². The largest absolute Gasteiger partial charge is 0.478 e. The number of nitrogens with zero attached hydrogens (tertiary/aromatic N) is 3. The van der Waals surface area contributed by atoms with Gasteiger partial charge in [-0.2, -0.15) is 13.2 Å². The van der Waals surface area contributed by atoms with Crippen LogP contribution in [0.5, 0.6) is 0 Å². The van der Waals surface area contributed by atoms with Gasteiger partial charge in [-0.15, -0.1) is 0 Å². The first-order valence-electron chi connectivity index (χ1n) is 5.08. The summed E-state index contributed by atoms with van der Waals surface area (Å²) in [5, 5.41) is 8.68. The number of carboxylic acid groups (broad SMARTS) is 1. The van der Waals surface area contributed by atoms with Gasteiger partial charge in [0.2, 0.25) is 0 Å². The summed E-state index contributed by atoms with van der Waals surface area (Å²) in [6.45, 7) is 0. The van der Waals surface area contributed by atoms with E-state index in [9.17, 15) is 22.4 Å². The van der Waals surface area contributed by atoms with Gasteiger partial charge in [-0.1, -0.05) is 0 Å². The van der Waals surface area contributed by atoms with E-state index < -0.39 is 35.0 Å². The number of carbonyl (C=O) groups is 1. The molecule has 9 heteroatoms. The molecule has 0 bridgehead atoms. The van der Waals surface area contributed by atoms with Crippen molar-refractivity contribution in [1.82, 2.24) is 15.0 Å². The second-order valence-electron chi connectivity index (χ2n) is 3.62. The second kappa shape index (κ2) is 4.83. The van der Waals surface area contributed by atoms with Crippen molar-refractivity contribution >= 4 is 5.97 Å². The molecule has 0 aliphatic carbocycles. The third kappa shape index (κ3) is 2.71. The Bertz CT molecular complexity index is 656. The lowest BCUT2D eigenvalue weighted by molar-refractivity contribution is -0.141. The van der Waals surface area contributed by atoms with Crippen LogP contribution < -0.4 is 0 Å². The number of aromatic carboxylic acids is 1. The van der Waals surface area contributed by atoms with Gasteiger partial charge in [0.15, 0.2) is 11.5 Å². The van der Waals surface area contributed by atoms with E-state index in [0.717, 1.165) is 18.3 Å². The molecular formula is C11H5F4N3O2. The first kappa shape index (κ1) is 13.8. The highest BCUT2D eigenvalue weighted by molar-refractivity contribution is 5.88. The predicted octanol–water partition coefficient (Wildman–Crippen LogP) is 2.39. The summed E-state index contributed by atoms with van der Waals surface area (Å²) in [6, 6.07) is 2.06. The molecule has 5 nitrogen and oxygen atoms in total. The molecule has 0 aromatic carbocycles. The fraction of sp³-hybridized carbons (Fsp3) is 0.0909. The second-order valence-corrected chi connectivity index (χ2v) is 3.62. The predicted molar refractivity (Wildman–Crippen MR) is 57.2 cm³/mol. The normalized spacial score (nSPS) is 11.4. The van der Waals surface area contributed by atoms with Crippen LogP contribution in [0, 0.1) is 5.82 Å². The van der Waals surface area contributed by atoms with E-state index in [4.69, 9.17) is 5.11 Å². The zero-order chi connectivity index (χ0) is 14.9. The Morgan fingerprint density at radius 1 is 1.15 bits per heavy atom. The van der Waals surface area contributed by atoms with Crippen LogP contribution >= 0.6 is 0 Å². The SMILES string of the molecule is O=C(O)c1cnc(-c2ccc(F)cn2)nc1C(F)(F)F. The van der Waals surface area contributed by atoms with Crippen molar-refractivity contribution in [2.24, 2.45) is 0 Å². The van der Waals surface area contributed by atoms with Crippen LogP contribution in [0.3, 0.4) is 0 Å². The average Bonchev–Trinajstić information content (AvgIpc) is 2.38. The Balaban J connectivity index is 2.58. The molecule has 0 atom stereocenters. The maximum Gasteiger partial charge on any atom is 0.434 e. The first-order chi connectivity index (χ1) is 9.29. The topological polar surface area (TPSA) is 76.0 Å². The molecular weight excluding hydrogens is 282 g/mol. The van der Waals surface area contributed by atoms with Crippen molar-refractivity contribution in [3.63, 3.8) is 0 Å². The fourth-order valence-electron chi connectivity index (χ4n) is 1.39. The minimum atomic E-state index is -4.95. The molecule has 0 fully saturated rings. The number of aromatic nitrogens is 3. The summed E-state index contributed by atoms with van der Waals surface area (Å²) in [5.41, 5.74) is -2.75. The number of pyridine rings is 1. The lowest BCUT2D eigenvalue weighted by atomic mass is 10.2. The molecule has 20 heavy (non-hydrogen) atoms. The lowest BCUT2D eigenvalue weighted by Gasteiger charge is -2.10. The summed E-state index contributed by atoms with van der Waals surface area (Å²) in [6.07, 6.45) is -3.62. The fourth-order valence-corrected chi connectivity index (χ4v) is 1.39. The maximum atomic E-state index is 12.7. The molecule has 0 radical (unpaired) electrons. The maximum absolute atomic E-state index is 12.7.